The zero-order valence-corrected chi connectivity index (χ0v) is 15.7. The van der Waals surface area contributed by atoms with Crippen LogP contribution in [0.15, 0.2) is 46.9 Å². The van der Waals surface area contributed by atoms with Crippen molar-refractivity contribution in [1.29, 1.82) is 0 Å². The highest BCUT2D eigenvalue weighted by atomic mass is 19.2. The van der Waals surface area contributed by atoms with Crippen molar-refractivity contribution in [3.05, 3.63) is 48.0 Å². The molecule has 1 aliphatic rings. The fourth-order valence-corrected chi connectivity index (χ4v) is 3.74. The number of fused-ring (bicyclic) bond motifs is 3. The molecule has 3 aromatic rings. The van der Waals surface area contributed by atoms with Gasteiger partial charge in [0.1, 0.15) is 23.9 Å². The summed E-state index contributed by atoms with van der Waals surface area (Å²) in [6.45, 7) is -2.58. The highest BCUT2D eigenvalue weighted by Crippen LogP contribution is 2.32. The van der Waals surface area contributed by atoms with Gasteiger partial charge in [0, 0.05) is 22.8 Å². The van der Waals surface area contributed by atoms with Gasteiger partial charge in [-0.25, -0.2) is 13.6 Å². The number of nitrogens with zero attached hydrogens (tertiary/aromatic N) is 1. The maximum absolute atomic E-state index is 14.2. The summed E-state index contributed by atoms with van der Waals surface area (Å²) >= 11 is 0. The zero-order chi connectivity index (χ0) is 21.5. The molecule has 1 aromatic heterocycles. The average molecular weight is 416 g/mol. The van der Waals surface area contributed by atoms with Crippen LogP contribution in [0.25, 0.3) is 21.9 Å². The fourth-order valence-electron chi connectivity index (χ4n) is 3.74. The van der Waals surface area contributed by atoms with Crippen LogP contribution in [0.1, 0.15) is 16.8 Å². The van der Waals surface area contributed by atoms with E-state index in [-0.39, 0.29) is 5.56 Å². The minimum absolute atomic E-state index is 0.279. The Morgan fingerprint density at radius 3 is 2.63 bits per heavy atom. The Hall–Kier alpha value is -3.49. The summed E-state index contributed by atoms with van der Waals surface area (Å²) in [6, 6.07) is 10.7. The number of halogens is 2. The van der Waals surface area contributed by atoms with E-state index in [4.69, 9.17) is 4.42 Å². The Balaban J connectivity index is 1.48. The molecule has 0 bridgehead atoms. The number of para-hydroxylation sites is 1. The number of benzene rings is 2. The van der Waals surface area contributed by atoms with Crippen LogP contribution in [0.5, 0.6) is 0 Å². The normalized spacial score (nSPS) is 21.3. The quantitative estimate of drug-likeness (QED) is 0.666. The molecule has 30 heavy (non-hydrogen) atoms. The Kier molecular flexibility index (Phi) is 4.89. The van der Waals surface area contributed by atoms with Gasteiger partial charge in [-0.2, -0.15) is 0 Å². The van der Waals surface area contributed by atoms with Gasteiger partial charge in [0.2, 0.25) is 5.91 Å². The lowest BCUT2D eigenvalue weighted by atomic mass is 10.0. The maximum atomic E-state index is 14.2. The van der Waals surface area contributed by atoms with Crippen molar-refractivity contribution in [2.45, 2.75) is 18.1 Å². The van der Waals surface area contributed by atoms with Gasteiger partial charge in [0.15, 0.2) is 5.67 Å². The summed E-state index contributed by atoms with van der Waals surface area (Å²) in [4.78, 5) is 37.0. The molecule has 2 amide bonds. The number of hydrogen-bond acceptors (Lipinski definition) is 4. The smallest absolute Gasteiger partial charge is 0.326 e. The summed E-state index contributed by atoms with van der Waals surface area (Å²) in [5.41, 5.74) is -0.829. The topological polar surface area (TPSA) is 99.9 Å². The van der Waals surface area contributed by atoms with Gasteiger partial charge >= 0.3 is 5.97 Å². The van der Waals surface area contributed by atoms with Gasteiger partial charge in [0.05, 0.1) is 13.1 Å². The monoisotopic (exact) mass is 416 g/mol. The number of hydrogen-bond donors (Lipinski definition) is 2. The number of amides is 2. The van der Waals surface area contributed by atoms with E-state index < -0.39 is 55.7 Å². The number of nitrogens with one attached hydrogen (secondary N) is 1. The fraction of sp³-hybridized carbons (Fsp3) is 0.286. The highest BCUT2D eigenvalue weighted by molar-refractivity contribution is 6.08. The Morgan fingerprint density at radius 1 is 1.17 bits per heavy atom. The molecule has 156 valence electrons. The number of carbonyl (C=O) groups is 3. The first-order valence-corrected chi connectivity index (χ1v) is 9.28. The standard InChI is InChI=1S/C21H18F2N2O5/c22-10-21(23)8-15(20(28)29)25(11-21)18(26)9-24-19(27)12-5-6-17-14(7-12)13-3-1-2-4-16(13)30-17/h1-7,15H,8-11H2,(H,24,27)(H,28,29)/t15-,21-/m0/s1. The summed E-state index contributed by atoms with van der Waals surface area (Å²) in [6.07, 6.45) is -0.622. The van der Waals surface area contributed by atoms with Crippen molar-refractivity contribution < 1.29 is 32.7 Å². The molecule has 0 saturated carbocycles. The molecule has 2 atom stereocenters. The summed E-state index contributed by atoms with van der Waals surface area (Å²) in [5, 5.41) is 13.2. The lowest BCUT2D eigenvalue weighted by Gasteiger charge is -2.21. The average Bonchev–Trinajstić information content (AvgIpc) is 3.30. The lowest BCUT2D eigenvalue weighted by Crippen LogP contribution is -2.46. The molecular weight excluding hydrogens is 398 g/mol. The molecule has 0 spiro atoms. The van der Waals surface area contributed by atoms with E-state index in [9.17, 15) is 28.3 Å². The molecule has 7 nitrogen and oxygen atoms in total. The van der Waals surface area contributed by atoms with Crippen molar-refractivity contribution in [1.82, 2.24) is 10.2 Å². The van der Waals surface area contributed by atoms with Crippen molar-refractivity contribution in [2.75, 3.05) is 19.8 Å². The van der Waals surface area contributed by atoms with Crippen LogP contribution >= 0.6 is 0 Å². The van der Waals surface area contributed by atoms with Crippen LogP contribution in [0.4, 0.5) is 8.78 Å². The SMILES string of the molecule is O=C(NCC(=O)N1C[C@@](F)(CF)C[C@H]1C(=O)O)c1ccc2oc3ccccc3c2c1. The van der Waals surface area contributed by atoms with Crippen molar-refractivity contribution in [3.8, 4) is 0 Å². The molecule has 2 aromatic carbocycles. The van der Waals surface area contributed by atoms with Crippen LogP contribution in [0, 0.1) is 0 Å². The Bertz CT molecular complexity index is 1160. The summed E-state index contributed by atoms with van der Waals surface area (Å²) in [7, 11) is 0. The molecule has 0 aliphatic carbocycles. The molecule has 9 heteroatoms. The number of carboxylic acid groups (broad SMARTS) is 1. The van der Waals surface area contributed by atoms with E-state index in [0.29, 0.717) is 11.2 Å². The number of alkyl halides is 2. The first-order valence-electron chi connectivity index (χ1n) is 9.28. The van der Waals surface area contributed by atoms with Gasteiger partial charge in [-0.1, -0.05) is 18.2 Å². The largest absolute Gasteiger partial charge is 0.480 e. The zero-order valence-electron chi connectivity index (χ0n) is 15.7. The van der Waals surface area contributed by atoms with Gasteiger partial charge in [-0.3, -0.25) is 9.59 Å². The number of aliphatic carboxylic acids is 1. The van der Waals surface area contributed by atoms with Crippen molar-refractivity contribution >= 4 is 39.7 Å². The van der Waals surface area contributed by atoms with Crippen LogP contribution in [0.3, 0.4) is 0 Å². The number of furan rings is 1. The summed E-state index contributed by atoms with van der Waals surface area (Å²) in [5.74, 6) is -2.77. The van der Waals surface area contributed by atoms with Crippen molar-refractivity contribution in [3.63, 3.8) is 0 Å². The van der Waals surface area contributed by atoms with Gasteiger partial charge in [-0.05, 0) is 24.3 Å². The third kappa shape index (κ3) is 3.47. The Morgan fingerprint density at radius 2 is 1.90 bits per heavy atom. The molecule has 1 saturated heterocycles. The lowest BCUT2D eigenvalue weighted by molar-refractivity contribution is -0.147. The number of likely N-dealkylation sites (tertiary alicyclic amines) is 1. The third-order valence-corrected chi connectivity index (χ3v) is 5.27. The predicted molar refractivity (Wildman–Crippen MR) is 104 cm³/mol. The first kappa shape index (κ1) is 19.8. The van der Waals surface area contributed by atoms with E-state index in [0.717, 1.165) is 15.7 Å². The van der Waals surface area contributed by atoms with E-state index in [1.807, 2.05) is 24.3 Å². The first-order chi connectivity index (χ1) is 14.3. The molecule has 0 radical (unpaired) electrons. The van der Waals surface area contributed by atoms with Crippen LogP contribution in [-0.2, 0) is 9.59 Å². The molecule has 4 rings (SSSR count). The second-order valence-corrected chi connectivity index (χ2v) is 7.36. The second-order valence-electron chi connectivity index (χ2n) is 7.36. The van der Waals surface area contributed by atoms with Gasteiger partial charge in [-0.15, -0.1) is 0 Å². The van der Waals surface area contributed by atoms with E-state index in [1.54, 1.807) is 12.1 Å². The van der Waals surface area contributed by atoms with E-state index >= 15 is 0 Å². The molecule has 1 fully saturated rings. The van der Waals surface area contributed by atoms with Crippen LogP contribution in [-0.4, -0.2) is 59.3 Å². The molecule has 2 heterocycles. The van der Waals surface area contributed by atoms with Gasteiger partial charge in [0.25, 0.3) is 5.91 Å². The molecule has 2 N–H and O–H groups in total. The molecule has 0 unspecified atom stereocenters. The minimum Gasteiger partial charge on any atom is -0.480 e. The minimum atomic E-state index is -2.39. The highest BCUT2D eigenvalue weighted by Gasteiger charge is 2.49. The predicted octanol–water partition coefficient (Wildman–Crippen LogP) is 2.68. The van der Waals surface area contributed by atoms with Crippen LogP contribution in [0.2, 0.25) is 0 Å². The molecule has 1 aliphatic heterocycles. The van der Waals surface area contributed by atoms with E-state index in [1.165, 1.54) is 6.07 Å². The summed E-state index contributed by atoms with van der Waals surface area (Å²) < 4.78 is 32.9. The van der Waals surface area contributed by atoms with Crippen LogP contribution < -0.4 is 5.32 Å². The Labute approximate surface area is 169 Å². The second kappa shape index (κ2) is 7.40. The van der Waals surface area contributed by atoms with Crippen molar-refractivity contribution in [2.24, 2.45) is 0 Å². The maximum Gasteiger partial charge on any atom is 0.326 e. The van der Waals surface area contributed by atoms with Gasteiger partial charge < -0.3 is 19.7 Å². The van der Waals surface area contributed by atoms with E-state index in [2.05, 4.69) is 5.32 Å². The number of rotatable bonds is 5. The third-order valence-electron chi connectivity index (χ3n) is 5.27. The number of carbonyl (C=O) groups excluding carboxylic acids is 2. The molecular formula is C21H18F2N2O5. The number of carboxylic acids is 1.